The smallest absolute Gasteiger partial charge is 0.188 e. The van der Waals surface area contributed by atoms with Crippen LogP contribution in [0.4, 0.5) is 0 Å². The second-order valence-electron chi connectivity index (χ2n) is 4.50. The maximum atomic E-state index is 5.51. The van der Waals surface area contributed by atoms with E-state index in [1.54, 1.807) is 7.11 Å². The summed E-state index contributed by atoms with van der Waals surface area (Å²) in [6.45, 7) is 4.43. The number of hydrogen-bond donors (Lipinski definition) is 0. The number of methoxy groups -OCH3 is 1. The molecule has 5 heteroatoms. The molecule has 0 atom stereocenters. The van der Waals surface area contributed by atoms with Crippen LogP contribution in [-0.4, -0.2) is 23.7 Å². The highest BCUT2D eigenvalue weighted by Gasteiger charge is 2.08. The van der Waals surface area contributed by atoms with Crippen LogP contribution in [0.5, 0.6) is 5.75 Å². The summed E-state index contributed by atoms with van der Waals surface area (Å²) in [6, 6.07) is 6.33. The molecule has 0 bridgehead atoms. The Hall–Kier alpha value is -1.33. The van der Waals surface area contributed by atoms with E-state index < -0.39 is 0 Å². The first-order chi connectivity index (χ1) is 9.11. The summed E-state index contributed by atoms with van der Waals surface area (Å²) in [5.74, 6) is 0.761. The number of halogens is 1. The lowest BCUT2D eigenvalue weighted by Gasteiger charge is -2.08. The van der Waals surface area contributed by atoms with E-state index in [9.17, 15) is 0 Å². The number of aromatic nitrogens is 2. The SMILES string of the molecule is COCOc1cc(-c2cnn(C(C)C)c2)ccc1Br. The lowest BCUT2D eigenvalue weighted by molar-refractivity contribution is 0.0506. The molecule has 0 amide bonds. The molecule has 0 aliphatic carbocycles. The minimum Gasteiger partial charge on any atom is -0.466 e. The Kier molecular flexibility index (Phi) is 4.61. The molecule has 0 spiro atoms. The van der Waals surface area contributed by atoms with Crippen LogP contribution in [0.3, 0.4) is 0 Å². The highest BCUT2D eigenvalue weighted by atomic mass is 79.9. The molecule has 0 N–H and O–H groups in total. The molecule has 0 saturated carbocycles. The Labute approximate surface area is 121 Å². The lowest BCUT2D eigenvalue weighted by atomic mass is 10.1. The van der Waals surface area contributed by atoms with E-state index >= 15 is 0 Å². The van der Waals surface area contributed by atoms with Gasteiger partial charge < -0.3 is 9.47 Å². The molecule has 4 nitrogen and oxygen atoms in total. The van der Waals surface area contributed by atoms with E-state index in [1.165, 1.54) is 0 Å². The van der Waals surface area contributed by atoms with Crippen LogP contribution in [0.1, 0.15) is 19.9 Å². The molecule has 1 heterocycles. The Bertz CT molecular complexity index is 552. The van der Waals surface area contributed by atoms with Crippen molar-refractivity contribution in [3.63, 3.8) is 0 Å². The zero-order valence-electron chi connectivity index (χ0n) is 11.3. The summed E-state index contributed by atoms with van der Waals surface area (Å²) in [7, 11) is 1.60. The average molecular weight is 325 g/mol. The van der Waals surface area contributed by atoms with Gasteiger partial charge in [-0.2, -0.15) is 5.10 Å². The Balaban J connectivity index is 2.28. The second kappa shape index (κ2) is 6.21. The van der Waals surface area contributed by atoms with Crippen LogP contribution in [-0.2, 0) is 4.74 Å². The quantitative estimate of drug-likeness (QED) is 0.783. The molecule has 0 unspecified atom stereocenters. The highest BCUT2D eigenvalue weighted by molar-refractivity contribution is 9.10. The molecular weight excluding hydrogens is 308 g/mol. The second-order valence-corrected chi connectivity index (χ2v) is 5.35. The first-order valence-corrected chi connectivity index (χ1v) is 6.87. The fraction of sp³-hybridized carbons (Fsp3) is 0.357. The topological polar surface area (TPSA) is 36.3 Å². The zero-order valence-corrected chi connectivity index (χ0v) is 12.8. The van der Waals surface area contributed by atoms with E-state index in [1.807, 2.05) is 35.3 Å². The third kappa shape index (κ3) is 3.36. The van der Waals surface area contributed by atoms with Crippen molar-refractivity contribution in [1.29, 1.82) is 0 Å². The van der Waals surface area contributed by atoms with Gasteiger partial charge in [-0.25, -0.2) is 0 Å². The van der Waals surface area contributed by atoms with Gasteiger partial charge >= 0.3 is 0 Å². The van der Waals surface area contributed by atoms with E-state index in [4.69, 9.17) is 9.47 Å². The van der Waals surface area contributed by atoms with Crippen LogP contribution < -0.4 is 4.74 Å². The molecule has 102 valence electrons. The minimum absolute atomic E-state index is 0.229. The van der Waals surface area contributed by atoms with Crippen molar-refractivity contribution in [1.82, 2.24) is 9.78 Å². The Morgan fingerprint density at radius 1 is 1.32 bits per heavy atom. The van der Waals surface area contributed by atoms with Crippen molar-refractivity contribution in [3.05, 3.63) is 35.1 Å². The first kappa shape index (κ1) is 14.1. The number of nitrogens with zero attached hydrogens (tertiary/aromatic N) is 2. The molecule has 1 aromatic heterocycles. The van der Waals surface area contributed by atoms with Crippen molar-refractivity contribution in [2.75, 3.05) is 13.9 Å². The fourth-order valence-corrected chi connectivity index (χ4v) is 2.05. The molecule has 0 aliphatic heterocycles. The monoisotopic (exact) mass is 324 g/mol. The molecule has 2 rings (SSSR count). The molecule has 0 aliphatic rings. The Morgan fingerprint density at radius 3 is 2.74 bits per heavy atom. The summed E-state index contributed by atoms with van der Waals surface area (Å²) in [5.41, 5.74) is 2.14. The van der Waals surface area contributed by atoms with Gasteiger partial charge in [-0.05, 0) is 47.5 Å². The van der Waals surface area contributed by atoms with Crippen LogP contribution >= 0.6 is 15.9 Å². The summed E-state index contributed by atoms with van der Waals surface area (Å²) in [5, 5.41) is 4.35. The average Bonchev–Trinajstić information content (AvgIpc) is 2.87. The fourth-order valence-electron chi connectivity index (χ4n) is 1.69. The number of hydrogen-bond acceptors (Lipinski definition) is 3. The normalized spacial score (nSPS) is 11.0. The molecule has 19 heavy (non-hydrogen) atoms. The van der Waals surface area contributed by atoms with Gasteiger partial charge in [0, 0.05) is 24.9 Å². The summed E-state index contributed by atoms with van der Waals surface area (Å²) < 4.78 is 13.3. The van der Waals surface area contributed by atoms with E-state index in [0.29, 0.717) is 6.04 Å². The first-order valence-electron chi connectivity index (χ1n) is 6.07. The van der Waals surface area contributed by atoms with Crippen LogP contribution in [0.25, 0.3) is 11.1 Å². The molecule has 0 fully saturated rings. The summed E-state index contributed by atoms with van der Waals surface area (Å²) in [6.07, 6.45) is 3.90. The van der Waals surface area contributed by atoms with Gasteiger partial charge in [0.15, 0.2) is 6.79 Å². The van der Waals surface area contributed by atoms with Gasteiger partial charge in [-0.1, -0.05) is 6.07 Å². The molecule has 0 saturated heterocycles. The summed E-state index contributed by atoms with van der Waals surface area (Å²) in [4.78, 5) is 0. The number of rotatable bonds is 5. The van der Waals surface area contributed by atoms with Crippen molar-refractivity contribution in [2.45, 2.75) is 19.9 Å². The van der Waals surface area contributed by atoms with Crippen LogP contribution in [0.2, 0.25) is 0 Å². The van der Waals surface area contributed by atoms with E-state index in [0.717, 1.165) is 21.3 Å². The number of benzene rings is 1. The third-order valence-electron chi connectivity index (χ3n) is 2.73. The largest absolute Gasteiger partial charge is 0.466 e. The molecule has 1 aromatic carbocycles. The standard InChI is InChI=1S/C14H17BrN2O2/c1-10(2)17-8-12(7-16-17)11-4-5-13(15)14(6-11)19-9-18-3/h4-8,10H,9H2,1-3H3. The van der Waals surface area contributed by atoms with Crippen molar-refractivity contribution in [2.24, 2.45) is 0 Å². The van der Waals surface area contributed by atoms with Gasteiger partial charge in [0.1, 0.15) is 5.75 Å². The minimum atomic E-state index is 0.229. The van der Waals surface area contributed by atoms with Crippen molar-refractivity contribution >= 4 is 15.9 Å². The maximum Gasteiger partial charge on any atom is 0.188 e. The van der Waals surface area contributed by atoms with Gasteiger partial charge in [-0.3, -0.25) is 4.68 Å². The van der Waals surface area contributed by atoms with Crippen molar-refractivity contribution < 1.29 is 9.47 Å². The maximum absolute atomic E-state index is 5.51. The van der Waals surface area contributed by atoms with Crippen molar-refractivity contribution in [3.8, 4) is 16.9 Å². The molecular formula is C14H17BrN2O2. The summed E-state index contributed by atoms with van der Waals surface area (Å²) >= 11 is 3.46. The van der Waals surface area contributed by atoms with Gasteiger partial charge in [-0.15, -0.1) is 0 Å². The molecule has 2 aromatic rings. The predicted octanol–water partition coefficient (Wildman–Crippen LogP) is 3.88. The zero-order chi connectivity index (χ0) is 13.8. The van der Waals surface area contributed by atoms with E-state index in [-0.39, 0.29) is 6.79 Å². The predicted molar refractivity (Wildman–Crippen MR) is 78.3 cm³/mol. The van der Waals surface area contributed by atoms with Gasteiger partial charge in [0.05, 0.1) is 10.7 Å². The lowest BCUT2D eigenvalue weighted by Crippen LogP contribution is -2.00. The highest BCUT2D eigenvalue weighted by Crippen LogP contribution is 2.31. The van der Waals surface area contributed by atoms with E-state index in [2.05, 4.69) is 34.9 Å². The number of ether oxygens (including phenoxy) is 2. The third-order valence-corrected chi connectivity index (χ3v) is 3.38. The van der Waals surface area contributed by atoms with Crippen LogP contribution in [0.15, 0.2) is 35.1 Å². The van der Waals surface area contributed by atoms with Crippen LogP contribution in [0, 0.1) is 0 Å². The Morgan fingerprint density at radius 2 is 2.11 bits per heavy atom. The van der Waals surface area contributed by atoms with Gasteiger partial charge in [0.2, 0.25) is 0 Å². The van der Waals surface area contributed by atoms with Gasteiger partial charge in [0.25, 0.3) is 0 Å². The molecule has 0 radical (unpaired) electrons.